The van der Waals surface area contributed by atoms with E-state index in [0.717, 1.165) is 5.69 Å². The van der Waals surface area contributed by atoms with Gasteiger partial charge in [0.25, 0.3) is 0 Å². The van der Waals surface area contributed by atoms with E-state index in [-0.39, 0.29) is 41.1 Å². The third-order valence-corrected chi connectivity index (χ3v) is 7.59. The Bertz CT molecular complexity index is 986. The Morgan fingerprint density at radius 3 is 2.66 bits per heavy atom. The molecule has 1 amide bonds. The summed E-state index contributed by atoms with van der Waals surface area (Å²) in [6.45, 7) is 6.06. The molecule has 0 bridgehead atoms. The molecule has 158 valence electrons. The van der Waals surface area contributed by atoms with E-state index in [4.69, 9.17) is 0 Å². The van der Waals surface area contributed by atoms with Gasteiger partial charge in [0.1, 0.15) is 5.82 Å². The number of hydrogen-bond acceptors (Lipinski definition) is 6. The zero-order chi connectivity index (χ0) is 21.2. The van der Waals surface area contributed by atoms with Crippen molar-refractivity contribution in [1.29, 1.82) is 0 Å². The molecule has 0 unspecified atom stereocenters. The molecule has 2 aromatic rings. The van der Waals surface area contributed by atoms with Crippen LogP contribution in [-0.2, 0) is 20.0 Å². The molecule has 1 aliphatic rings. The quantitative estimate of drug-likeness (QED) is 0.668. The first-order chi connectivity index (χ1) is 13.5. The summed E-state index contributed by atoms with van der Waals surface area (Å²) in [4.78, 5) is 25.2. The molecule has 3 heterocycles. The van der Waals surface area contributed by atoms with Crippen LogP contribution >= 0.6 is 11.3 Å². The van der Waals surface area contributed by atoms with Crippen LogP contribution in [0.5, 0.6) is 0 Å². The van der Waals surface area contributed by atoms with Gasteiger partial charge in [-0.05, 0) is 24.3 Å². The summed E-state index contributed by atoms with van der Waals surface area (Å²) in [7, 11) is -3.07. The normalized spacial score (nSPS) is 18.7. The van der Waals surface area contributed by atoms with E-state index in [2.05, 4.69) is 10.4 Å². The molecule has 0 aliphatic carbocycles. The summed E-state index contributed by atoms with van der Waals surface area (Å²) >= 11 is 1.40. The molecule has 1 aliphatic heterocycles. The van der Waals surface area contributed by atoms with Gasteiger partial charge in [0.15, 0.2) is 15.6 Å². The van der Waals surface area contributed by atoms with Crippen LogP contribution in [0.3, 0.4) is 0 Å². The minimum atomic E-state index is -3.07. The Kier molecular flexibility index (Phi) is 6.28. The van der Waals surface area contributed by atoms with Crippen LogP contribution in [0, 0.1) is 0 Å². The fourth-order valence-electron chi connectivity index (χ4n) is 3.28. The lowest BCUT2D eigenvalue weighted by Crippen LogP contribution is -2.20. The lowest BCUT2D eigenvalue weighted by Gasteiger charge is -2.15. The van der Waals surface area contributed by atoms with Gasteiger partial charge in [-0.1, -0.05) is 26.8 Å². The molecule has 1 atom stereocenters. The molecule has 9 heteroatoms. The van der Waals surface area contributed by atoms with E-state index in [1.807, 2.05) is 38.3 Å². The van der Waals surface area contributed by atoms with E-state index in [0.29, 0.717) is 30.0 Å². The maximum Gasteiger partial charge on any atom is 0.225 e. The Morgan fingerprint density at radius 1 is 1.31 bits per heavy atom. The lowest BCUT2D eigenvalue weighted by molar-refractivity contribution is -0.116. The molecule has 0 aromatic carbocycles. The second-order valence-corrected chi connectivity index (χ2v) is 11.6. The summed E-state index contributed by atoms with van der Waals surface area (Å²) in [5, 5.41) is 9.34. The van der Waals surface area contributed by atoms with E-state index >= 15 is 0 Å². The van der Waals surface area contributed by atoms with Gasteiger partial charge in [0, 0.05) is 24.3 Å². The van der Waals surface area contributed by atoms with Crippen molar-refractivity contribution in [3.8, 4) is 0 Å². The molecular formula is C20H27N3O4S2. The first-order valence-corrected chi connectivity index (χ1v) is 12.4. The van der Waals surface area contributed by atoms with Gasteiger partial charge in [-0.15, -0.1) is 11.3 Å². The highest BCUT2D eigenvalue weighted by atomic mass is 32.2. The molecule has 1 saturated heterocycles. The van der Waals surface area contributed by atoms with Crippen molar-refractivity contribution in [2.24, 2.45) is 0 Å². The number of nitrogens with zero attached hydrogens (tertiary/aromatic N) is 2. The van der Waals surface area contributed by atoms with Crippen LogP contribution < -0.4 is 5.32 Å². The van der Waals surface area contributed by atoms with Gasteiger partial charge in [0.05, 0.1) is 28.1 Å². The minimum absolute atomic E-state index is 0.0381. The zero-order valence-corrected chi connectivity index (χ0v) is 18.6. The average molecular weight is 438 g/mol. The van der Waals surface area contributed by atoms with Crippen LogP contribution in [0.15, 0.2) is 23.6 Å². The first-order valence-electron chi connectivity index (χ1n) is 9.72. The number of nitrogens with one attached hydrogen (secondary N) is 1. The number of hydrogen-bond donors (Lipinski definition) is 1. The molecule has 0 radical (unpaired) electrons. The zero-order valence-electron chi connectivity index (χ0n) is 17.0. The van der Waals surface area contributed by atoms with Crippen molar-refractivity contribution in [3.63, 3.8) is 0 Å². The largest absolute Gasteiger partial charge is 0.311 e. The summed E-state index contributed by atoms with van der Waals surface area (Å²) < 4.78 is 25.4. The van der Waals surface area contributed by atoms with E-state index in [1.54, 1.807) is 10.7 Å². The fourth-order valence-corrected chi connectivity index (χ4v) is 5.66. The van der Waals surface area contributed by atoms with Crippen molar-refractivity contribution in [2.75, 3.05) is 16.8 Å². The van der Waals surface area contributed by atoms with Crippen LogP contribution in [0.25, 0.3) is 0 Å². The van der Waals surface area contributed by atoms with Crippen LogP contribution in [0.4, 0.5) is 5.82 Å². The van der Waals surface area contributed by atoms with Gasteiger partial charge < -0.3 is 5.32 Å². The second kappa shape index (κ2) is 8.39. The highest BCUT2D eigenvalue weighted by molar-refractivity contribution is 7.91. The number of carbonyl (C=O) groups excluding carboxylic acids is 2. The van der Waals surface area contributed by atoms with Gasteiger partial charge in [0.2, 0.25) is 5.91 Å². The van der Waals surface area contributed by atoms with Crippen molar-refractivity contribution in [1.82, 2.24) is 9.78 Å². The molecule has 1 N–H and O–H groups in total. The number of ketones is 1. The Hall–Kier alpha value is -2.00. The maximum absolute atomic E-state index is 12.5. The van der Waals surface area contributed by atoms with Crippen molar-refractivity contribution < 1.29 is 18.0 Å². The Morgan fingerprint density at radius 2 is 2.07 bits per heavy atom. The summed E-state index contributed by atoms with van der Waals surface area (Å²) in [6.07, 6.45) is 1.49. The molecule has 3 rings (SSSR count). The average Bonchev–Trinajstić information content (AvgIpc) is 3.33. The summed E-state index contributed by atoms with van der Waals surface area (Å²) in [5.74, 6) is 0.541. The maximum atomic E-state index is 12.5. The topological polar surface area (TPSA) is 98.1 Å². The molecule has 2 aromatic heterocycles. The lowest BCUT2D eigenvalue weighted by atomic mass is 9.92. The number of aromatic nitrogens is 2. The molecule has 7 nitrogen and oxygen atoms in total. The number of amides is 1. The third-order valence-electron chi connectivity index (χ3n) is 4.93. The molecular weight excluding hydrogens is 410 g/mol. The highest BCUT2D eigenvalue weighted by Crippen LogP contribution is 2.31. The number of anilines is 1. The number of thiophene rings is 1. The smallest absolute Gasteiger partial charge is 0.225 e. The van der Waals surface area contributed by atoms with E-state index in [1.165, 1.54) is 11.3 Å². The predicted molar refractivity (Wildman–Crippen MR) is 114 cm³/mol. The Balaban J connectivity index is 1.66. The monoisotopic (exact) mass is 437 g/mol. The third kappa shape index (κ3) is 5.54. The van der Waals surface area contributed by atoms with Crippen LogP contribution in [0.1, 0.15) is 67.9 Å². The van der Waals surface area contributed by atoms with Crippen molar-refractivity contribution in [2.45, 2.75) is 57.9 Å². The van der Waals surface area contributed by atoms with Crippen molar-refractivity contribution >= 4 is 38.7 Å². The molecule has 0 saturated carbocycles. The number of Topliss-reactive ketones (excluding diaryl/α,β-unsaturated/α-hetero) is 1. The first kappa shape index (κ1) is 21.7. The number of rotatable bonds is 7. The summed E-state index contributed by atoms with van der Waals surface area (Å²) in [6, 6.07) is 5.17. The van der Waals surface area contributed by atoms with Gasteiger partial charge in [-0.3, -0.25) is 9.59 Å². The Labute approximate surface area is 175 Å². The van der Waals surface area contributed by atoms with Crippen LogP contribution in [0.2, 0.25) is 0 Å². The molecule has 1 fully saturated rings. The van der Waals surface area contributed by atoms with Crippen LogP contribution in [-0.4, -0.2) is 41.4 Å². The van der Waals surface area contributed by atoms with Gasteiger partial charge >= 0.3 is 0 Å². The SMILES string of the molecule is CC(C)(C)c1cc(NC(=O)CCCC(=O)c2cccs2)n([C@@H]2CCS(=O)(=O)C2)n1. The highest BCUT2D eigenvalue weighted by Gasteiger charge is 2.32. The van der Waals surface area contributed by atoms with Gasteiger partial charge in [-0.25, -0.2) is 13.1 Å². The van der Waals surface area contributed by atoms with E-state index in [9.17, 15) is 18.0 Å². The number of sulfone groups is 1. The number of carbonyl (C=O) groups is 2. The fraction of sp³-hybridized carbons (Fsp3) is 0.550. The predicted octanol–water partition coefficient (Wildman–Crippen LogP) is 3.59. The van der Waals surface area contributed by atoms with Gasteiger partial charge in [-0.2, -0.15) is 5.10 Å². The van der Waals surface area contributed by atoms with Crippen molar-refractivity contribution in [3.05, 3.63) is 34.2 Å². The van der Waals surface area contributed by atoms with E-state index < -0.39 is 9.84 Å². The summed E-state index contributed by atoms with van der Waals surface area (Å²) in [5.41, 5.74) is 0.569. The molecule has 29 heavy (non-hydrogen) atoms. The minimum Gasteiger partial charge on any atom is -0.311 e. The molecule has 0 spiro atoms. The second-order valence-electron chi connectivity index (χ2n) is 8.47. The standard InChI is InChI=1S/C20H27N3O4S2/c1-20(2,3)17-12-18(23(22-17)14-9-11-29(26,27)13-14)21-19(25)8-4-6-15(24)16-7-5-10-28-16/h5,7,10,12,14H,4,6,8-9,11,13H2,1-3H3,(H,21,25)/t14-/m1/s1.